The van der Waals surface area contributed by atoms with Crippen LogP contribution in [0.1, 0.15) is 5.69 Å². The highest BCUT2D eigenvalue weighted by Crippen LogP contribution is 2.06. The number of hydrogen-bond donors (Lipinski definition) is 2. The Kier molecular flexibility index (Phi) is 5.01. The molecule has 1 aromatic heterocycles. The van der Waals surface area contributed by atoms with Crippen molar-refractivity contribution in [1.29, 1.82) is 0 Å². The predicted octanol–water partition coefficient (Wildman–Crippen LogP) is 0.679. The van der Waals surface area contributed by atoms with Crippen LogP contribution in [0.4, 0.5) is 5.82 Å². The minimum Gasteiger partial charge on any atom is -0.478 e. The number of amides is 1. The van der Waals surface area contributed by atoms with Gasteiger partial charge in [-0.3, -0.25) is 4.79 Å². The van der Waals surface area contributed by atoms with Crippen LogP contribution in [0.3, 0.4) is 0 Å². The maximum atomic E-state index is 11.5. The molecule has 1 aromatic rings. The summed E-state index contributed by atoms with van der Waals surface area (Å²) in [5.74, 6) is -0.819. The van der Waals surface area contributed by atoms with Gasteiger partial charge in [0.05, 0.1) is 12.2 Å². The first-order valence-corrected chi connectivity index (χ1v) is 5.30. The third-order valence-electron chi connectivity index (χ3n) is 1.89. The van der Waals surface area contributed by atoms with E-state index < -0.39 is 5.97 Å². The van der Waals surface area contributed by atoms with Gasteiger partial charge in [-0.1, -0.05) is 6.07 Å². The number of pyridine rings is 1. The van der Waals surface area contributed by atoms with Crippen LogP contribution in [0, 0.1) is 0 Å². The number of carboxylic acid groups (broad SMARTS) is 1. The fourth-order valence-corrected chi connectivity index (χ4v) is 1.24. The molecule has 0 unspecified atom stereocenters. The second kappa shape index (κ2) is 6.51. The summed E-state index contributed by atoms with van der Waals surface area (Å²) in [7, 11) is 3.58. The first kappa shape index (κ1) is 13.9. The Morgan fingerprint density at radius 3 is 2.78 bits per heavy atom. The Hall–Kier alpha value is -2.21. The Bertz CT molecular complexity index is 469. The second-order valence-electron chi connectivity index (χ2n) is 3.91. The fourth-order valence-electron chi connectivity index (χ4n) is 1.24. The molecule has 0 aliphatic rings. The van der Waals surface area contributed by atoms with E-state index in [4.69, 9.17) is 5.11 Å². The first-order chi connectivity index (χ1) is 8.47. The molecular weight excluding hydrogens is 234 g/mol. The lowest BCUT2D eigenvalue weighted by Gasteiger charge is -2.09. The minimum atomic E-state index is -1.04. The van der Waals surface area contributed by atoms with Crippen LogP contribution in [0.25, 0.3) is 6.08 Å². The molecule has 0 saturated heterocycles. The molecule has 0 atom stereocenters. The zero-order valence-corrected chi connectivity index (χ0v) is 10.3. The topological polar surface area (TPSA) is 82.5 Å². The van der Waals surface area contributed by atoms with Crippen molar-refractivity contribution in [3.63, 3.8) is 0 Å². The van der Waals surface area contributed by atoms with Gasteiger partial charge in [-0.25, -0.2) is 9.78 Å². The molecule has 18 heavy (non-hydrogen) atoms. The highest BCUT2D eigenvalue weighted by molar-refractivity contribution is 5.91. The lowest BCUT2D eigenvalue weighted by atomic mass is 10.3. The molecule has 6 heteroatoms. The molecule has 6 nitrogen and oxygen atoms in total. The number of anilines is 1. The van der Waals surface area contributed by atoms with E-state index in [2.05, 4.69) is 10.3 Å². The Morgan fingerprint density at radius 2 is 2.17 bits per heavy atom. The van der Waals surface area contributed by atoms with Crippen LogP contribution in [0.2, 0.25) is 0 Å². The van der Waals surface area contributed by atoms with E-state index in [0.717, 1.165) is 6.08 Å². The third kappa shape index (κ3) is 5.22. The summed E-state index contributed by atoms with van der Waals surface area (Å²) < 4.78 is 0. The number of aliphatic carboxylic acids is 1. The molecule has 0 aliphatic carbocycles. The Morgan fingerprint density at radius 1 is 1.44 bits per heavy atom. The van der Waals surface area contributed by atoms with E-state index in [1.807, 2.05) is 0 Å². The van der Waals surface area contributed by atoms with Gasteiger partial charge in [0.2, 0.25) is 5.91 Å². The molecule has 96 valence electrons. The summed E-state index contributed by atoms with van der Waals surface area (Å²) >= 11 is 0. The van der Waals surface area contributed by atoms with Crippen molar-refractivity contribution in [3.05, 3.63) is 30.0 Å². The van der Waals surface area contributed by atoms with Crippen molar-refractivity contribution in [2.24, 2.45) is 0 Å². The van der Waals surface area contributed by atoms with Gasteiger partial charge in [0.25, 0.3) is 0 Å². The number of carboxylic acids is 1. The molecule has 2 N–H and O–H groups in total. The van der Waals surface area contributed by atoms with E-state index in [9.17, 15) is 9.59 Å². The number of nitrogens with one attached hydrogen (secondary N) is 1. The van der Waals surface area contributed by atoms with Crippen molar-refractivity contribution in [3.8, 4) is 0 Å². The summed E-state index contributed by atoms with van der Waals surface area (Å²) in [6, 6.07) is 4.99. The predicted molar refractivity (Wildman–Crippen MR) is 68.1 cm³/mol. The highest BCUT2D eigenvalue weighted by Gasteiger charge is 2.04. The molecule has 0 spiro atoms. The summed E-state index contributed by atoms with van der Waals surface area (Å²) in [4.78, 5) is 27.7. The molecular formula is C12H15N3O3. The molecule has 0 radical (unpaired) electrons. The number of aromatic nitrogens is 1. The number of likely N-dealkylation sites (N-methyl/N-ethyl adjacent to an activating group) is 1. The smallest absolute Gasteiger partial charge is 0.328 e. The number of hydrogen-bond acceptors (Lipinski definition) is 4. The second-order valence-corrected chi connectivity index (χ2v) is 3.91. The van der Waals surface area contributed by atoms with Gasteiger partial charge in [-0.05, 0) is 32.3 Å². The van der Waals surface area contributed by atoms with E-state index in [-0.39, 0.29) is 12.5 Å². The normalized spacial score (nSPS) is 10.8. The maximum absolute atomic E-state index is 11.5. The highest BCUT2D eigenvalue weighted by atomic mass is 16.4. The molecule has 0 bridgehead atoms. The van der Waals surface area contributed by atoms with E-state index in [1.165, 1.54) is 6.08 Å². The molecule has 0 aliphatic heterocycles. The molecule has 1 amide bonds. The van der Waals surface area contributed by atoms with Crippen molar-refractivity contribution in [2.75, 3.05) is 26.0 Å². The van der Waals surface area contributed by atoms with Crippen molar-refractivity contribution >= 4 is 23.8 Å². The summed E-state index contributed by atoms with van der Waals surface area (Å²) in [5, 5.41) is 11.1. The van der Waals surface area contributed by atoms with Crippen molar-refractivity contribution < 1.29 is 14.7 Å². The first-order valence-electron chi connectivity index (χ1n) is 5.30. The Labute approximate surface area is 105 Å². The summed E-state index contributed by atoms with van der Waals surface area (Å²) in [6.45, 7) is 0.261. The molecule has 1 heterocycles. The van der Waals surface area contributed by atoms with Gasteiger partial charge < -0.3 is 15.3 Å². The largest absolute Gasteiger partial charge is 0.478 e. The lowest BCUT2D eigenvalue weighted by molar-refractivity contribution is -0.131. The number of carbonyl (C=O) groups excluding carboxylic acids is 1. The monoisotopic (exact) mass is 249 g/mol. The fraction of sp³-hybridized carbons (Fsp3) is 0.250. The quantitative estimate of drug-likeness (QED) is 0.750. The van der Waals surface area contributed by atoms with Crippen LogP contribution in [0.5, 0.6) is 0 Å². The van der Waals surface area contributed by atoms with Crippen LogP contribution >= 0.6 is 0 Å². The average molecular weight is 249 g/mol. The zero-order chi connectivity index (χ0) is 13.5. The lowest BCUT2D eigenvalue weighted by Crippen LogP contribution is -2.27. The van der Waals surface area contributed by atoms with Crippen molar-refractivity contribution in [2.45, 2.75) is 0 Å². The molecule has 0 aromatic carbocycles. The van der Waals surface area contributed by atoms with E-state index >= 15 is 0 Å². The maximum Gasteiger partial charge on any atom is 0.328 e. The number of rotatable bonds is 5. The van der Waals surface area contributed by atoms with Crippen LogP contribution in [0.15, 0.2) is 24.3 Å². The summed E-state index contributed by atoms with van der Waals surface area (Å²) in [6.07, 6.45) is 2.36. The van der Waals surface area contributed by atoms with Gasteiger partial charge in [0.1, 0.15) is 5.82 Å². The van der Waals surface area contributed by atoms with Gasteiger partial charge in [-0.15, -0.1) is 0 Å². The van der Waals surface area contributed by atoms with Gasteiger partial charge >= 0.3 is 5.97 Å². The molecule has 0 fully saturated rings. The Balaban J connectivity index is 2.70. The summed E-state index contributed by atoms with van der Waals surface area (Å²) in [5.41, 5.74) is 0.472. The zero-order valence-electron chi connectivity index (χ0n) is 10.3. The molecule has 0 saturated carbocycles. The average Bonchev–Trinajstić information content (AvgIpc) is 2.25. The molecule has 1 rings (SSSR count). The van der Waals surface area contributed by atoms with E-state index in [1.54, 1.807) is 37.2 Å². The number of carbonyl (C=O) groups is 2. The SMILES string of the molecule is CN(C)CC(=O)Nc1cccc(/C=C/C(=O)O)n1. The van der Waals surface area contributed by atoms with Crippen LogP contribution in [-0.4, -0.2) is 47.5 Å². The van der Waals surface area contributed by atoms with Crippen LogP contribution < -0.4 is 5.32 Å². The minimum absolute atomic E-state index is 0.174. The van der Waals surface area contributed by atoms with Crippen LogP contribution in [-0.2, 0) is 9.59 Å². The number of nitrogens with zero attached hydrogens (tertiary/aromatic N) is 2. The van der Waals surface area contributed by atoms with E-state index in [0.29, 0.717) is 11.5 Å². The van der Waals surface area contributed by atoms with Gasteiger partial charge in [0.15, 0.2) is 0 Å². The standard InChI is InChI=1S/C12H15N3O3/c1-15(2)8-11(16)14-10-5-3-4-9(13-10)6-7-12(17)18/h3-7H,8H2,1-2H3,(H,17,18)(H,13,14,16)/b7-6+. The van der Waals surface area contributed by atoms with Gasteiger partial charge in [0, 0.05) is 6.08 Å². The van der Waals surface area contributed by atoms with Gasteiger partial charge in [-0.2, -0.15) is 0 Å². The third-order valence-corrected chi connectivity index (χ3v) is 1.89. The van der Waals surface area contributed by atoms with Crippen molar-refractivity contribution in [1.82, 2.24) is 9.88 Å².